The summed E-state index contributed by atoms with van der Waals surface area (Å²) in [5.74, 6) is 1.67. The highest BCUT2D eigenvalue weighted by Crippen LogP contribution is 2.55. The summed E-state index contributed by atoms with van der Waals surface area (Å²) in [5.41, 5.74) is 7.12. The lowest BCUT2D eigenvalue weighted by Gasteiger charge is -2.35. The summed E-state index contributed by atoms with van der Waals surface area (Å²) in [4.78, 5) is 0. The summed E-state index contributed by atoms with van der Waals surface area (Å²) in [6.45, 7) is 12.8. The molecule has 2 heteroatoms. The van der Waals surface area contributed by atoms with Gasteiger partial charge in [0.1, 0.15) is 24.7 Å². The molecule has 1 aliphatic carbocycles. The molecule has 0 spiro atoms. The second kappa shape index (κ2) is 9.79. The Kier molecular flexibility index (Phi) is 6.65. The molecule has 0 aromatic heterocycles. The van der Waals surface area contributed by atoms with E-state index in [1.54, 1.807) is 12.2 Å². The van der Waals surface area contributed by atoms with Crippen molar-refractivity contribution in [1.29, 1.82) is 0 Å². The molecule has 0 unspecified atom stereocenters. The second-order valence-electron chi connectivity index (χ2n) is 8.08. The van der Waals surface area contributed by atoms with Crippen LogP contribution >= 0.6 is 0 Å². The summed E-state index contributed by atoms with van der Waals surface area (Å²) in [6.07, 6.45) is 7.89. The molecule has 3 aromatic carbocycles. The first-order chi connectivity index (χ1) is 16.2. The second-order valence-corrected chi connectivity index (χ2v) is 8.08. The summed E-state index contributed by atoms with van der Waals surface area (Å²) < 4.78 is 11.5. The van der Waals surface area contributed by atoms with Gasteiger partial charge < -0.3 is 9.47 Å². The largest absolute Gasteiger partial charge is 0.490 e. The Balaban J connectivity index is 1.95. The van der Waals surface area contributed by atoms with E-state index in [9.17, 15) is 0 Å². The Labute approximate surface area is 197 Å². The Morgan fingerprint density at radius 2 is 1.27 bits per heavy atom. The molecule has 0 bridgehead atoms. The van der Waals surface area contributed by atoms with Crippen LogP contribution in [0.3, 0.4) is 0 Å². The molecule has 3 aromatic rings. The zero-order valence-corrected chi connectivity index (χ0v) is 19.4. The minimum Gasteiger partial charge on any atom is -0.490 e. The van der Waals surface area contributed by atoms with Gasteiger partial charge in [-0.2, -0.15) is 0 Å². The van der Waals surface area contributed by atoms with Crippen LogP contribution in [0.25, 0.3) is 5.57 Å². The minimum atomic E-state index is -0.429. The van der Waals surface area contributed by atoms with Gasteiger partial charge in [-0.1, -0.05) is 86.0 Å². The SMILES string of the molecule is C=CCOc1ccc(C2(c3ccc(OCC=C)cc3)C(/C=C\C)=C(C)c3ccccc32)cc1. The highest BCUT2D eigenvalue weighted by atomic mass is 16.5. The molecule has 0 atom stereocenters. The molecular formula is C31H30O2. The van der Waals surface area contributed by atoms with Gasteiger partial charge in [0.25, 0.3) is 0 Å². The van der Waals surface area contributed by atoms with Crippen molar-refractivity contribution in [2.24, 2.45) is 0 Å². The van der Waals surface area contributed by atoms with E-state index in [1.165, 1.54) is 33.4 Å². The van der Waals surface area contributed by atoms with Crippen molar-refractivity contribution >= 4 is 5.57 Å². The van der Waals surface area contributed by atoms with Crippen LogP contribution in [0.1, 0.15) is 36.1 Å². The van der Waals surface area contributed by atoms with Gasteiger partial charge in [0, 0.05) is 0 Å². The first-order valence-corrected chi connectivity index (χ1v) is 11.3. The Morgan fingerprint density at radius 3 is 1.76 bits per heavy atom. The number of fused-ring (bicyclic) bond motifs is 1. The lowest BCUT2D eigenvalue weighted by molar-refractivity contribution is 0.363. The quantitative estimate of drug-likeness (QED) is 0.324. The van der Waals surface area contributed by atoms with E-state index in [0.29, 0.717) is 13.2 Å². The smallest absolute Gasteiger partial charge is 0.119 e. The molecule has 0 radical (unpaired) electrons. The van der Waals surface area contributed by atoms with Gasteiger partial charge in [-0.05, 0) is 71.5 Å². The fourth-order valence-corrected chi connectivity index (χ4v) is 4.83. The lowest BCUT2D eigenvalue weighted by atomic mass is 9.66. The number of allylic oxidation sites excluding steroid dienone is 4. The van der Waals surface area contributed by atoms with Gasteiger partial charge in [-0.25, -0.2) is 0 Å². The van der Waals surface area contributed by atoms with Crippen LogP contribution in [0.15, 0.2) is 116 Å². The van der Waals surface area contributed by atoms with E-state index in [0.717, 1.165) is 11.5 Å². The van der Waals surface area contributed by atoms with Gasteiger partial charge in [0.2, 0.25) is 0 Å². The fourth-order valence-electron chi connectivity index (χ4n) is 4.83. The van der Waals surface area contributed by atoms with Crippen LogP contribution < -0.4 is 9.47 Å². The number of hydrogen-bond donors (Lipinski definition) is 0. The fraction of sp³-hybridized carbons (Fsp3) is 0.161. The third-order valence-corrected chi connectivity index (χ3v) is 6.19. The van der Waals surface area contributed by atoms with E-state index in [2.05, 4.69) is 87.7 Å². The third-order valence-electron chi connectivity index (χ3n) is 6.19. The molecule has 4 rings (SSSR count). The maximum Gasteiger partial charge on any atom is 0.119 e. The molecule has 0 saturated carbocycles. The van der Waals surface area contributed by atoms with Crippen LogP contribution in [0.5, 0.6) is 11.5 Å². The van der Waals surface area contributed by atoms with Gasteiger partial charge in [0.05, 0.1) is 5.41 Å². The first-order valence-electron chi connectivity index (χ1n) is 11.3. The molecule has 33 heavy (non-hydrogen) atoms. The molecule has 1 aliphatic rings. The predicted octanol–water partition coefficient (Wildman–Crippen LogP) is 7.51. The van der Waals surface area contributed by atoms with Crippen molar-refractivity contribution in [3.63, 3.8) is 0 Å². The van der Waals surface area contributed by atoms with Crippen LogP contribution in [0, 0.1) is 0 Å². The molecule has 0 aliphatic heterocycles. The van der Waals surface area contributed by atoms with Gasteiger partial charge in [-0.3, -0.25) is 0 Å². The average Bonchev–Trinajstić information content (AvgIpc) is 3.11. The Morgan fingerprint density at radius 1 is 0.758 bits per heavy atom. The number of benzene rings is 3. The van der Waals surface area contributed by atoms with E-state index in [-0.39, 0.29) is 0 Å². The zero-order chi connectivity index (χ0) is 23.3. The van der Waals surface area contributed by atoms with E-state index >= 15 is 0 Å². The van der Waals surface area contributed by atoms with Crippen LogP contribution in [-0.4, -0.2) is 13.2 Å². The first kappa shape index (κ1) is 22.4. The maximum absolute atomic E-state index is 5.76. The van der Waals surface area contributed by atoms with E-state index in [4.69, 9.17) is 9.47 Å². The van der Waals surface area contributed by atoms with Gasteiger partial charge >= 0.3 is 0 Å². The Bertz CT molecular complexity index is 1140. The third kappa shape index (κ3) is 3.93. The van der Waals surface area contributed by atoms with Crippen molar-refractivity contribution in [3.8, 4) is 11.5 Å². The highest BCUT2D eigenvalue weighted by Gasteiger charge is 2.45. The maximum atomic E-state index is 5.76. The van der Waals surface area contributed by atoms with Crippen molar-refractivity contribution in [3.05, 3.63) is 138 Å². The highest BCUT2D eigenvalue weighted by molar-refractivity contribution is 5.86. The topological polar surface area (TPSA) is 18.5 Å². The summed E-state index contributed by atoms with van der Waals surface area (Å²) in [6, 6.07) is 25.6. The molecule has 2 nitrogen and oxygen atoms in total. The molecule has 0 fully saturated rings. The molecular weight excluding hydrogens is 404 g/mol. The molecule has 0 amide bonds. The molecule has 0 saturated heterocycles. The van der Waals surface area contributed by atoms with Crippen molar-refractivity contribution in [2.75, 3.05) is 13.2 Å². The lowest BCUT2D eigenvalue weighted by Crippen LogP contribution is -2.29. The van der Waals surface area contributed by atoms with Gasteiger partial charge in [-0.15, -0.1) is 0 Å². The number of rotatable bonds is 9. The number of ether oxygens (including phenoxy) is 2. The van der Waals surface area contributed by atoms with E-state index in [1.807, 2.05) is 24.3 Å². The summed E-state index contributed by atoms with van der Waals surface area (Å²) >= 11 is 0. The molecule has 166 valence electrons. The summed E-state index contributed by atoms with van der Waals surface area (Å²) in [7, 11) is 0. The van der Waals surface area contributed by atoms with Crippen molar-refractivity contribution in [1.82, 2.24) is 0 Å². The van der Waals surface area contributed by atoms with Crippen LogP contribution in [0.4, 0.5) is 0 Å². The monoisotopic (exact) mass is 434 g/mol. The van der Waals surface area contributed by atoms with Gasteiger partial charge in [0.15, 0.2) is 0 Å². The summed E-state index contributed by atoms with van der Waals surface area (Å²) in [5, 5.41) is 0. The molecule has 0 heterocycles. The average molecular weight is 435 g/mol. The normalized spacial score (nSPS) is 14.2. The van der Waals surface area contributed by atoms with Crippen molar-refractivity contribution < 1.29 is 9.47 Å². The predicted molar refractivity (Wildman–Crippen MR) is 138 cm³/mol. The minimum absolute atomic E-state index is 0.429. The van der Waals surface area contributed by atoms with Crippen LogP contribution in [0.2, 0.25) is 0 Å². The zero-order valence-electron chi connectivity index (χ0n) is 19.4. The standard InChI is InChI=1S/C31H30O2/c1-5-10-29-23(4)28-11-8-9-12-30(28)31(29,24-13-17-26(18-14-24)32-21-6-2)25-15-19-27(20-16-25)33-22-7-3/h5-20H,2-3,21-22H2,1,4H3/b10-5-. The van der Waals surface area contributed by atoms with E-state index < -0.39 is 5.41 Å². The van der Waals surface area contributed by atoms with Crippen molar-refractivity contribution in [2.45, 2.75) is 19.3 Å². The van der Waals surface area contributed by atoms with Crippen LogP contribution in [-0.2, 0) is 5.41 Å². The molecule has 0 N–H and O–H groups in total. The Hall–Kier alpha value is -3.78. The number of hydrogen-bond acceptors (Lipinski definition) is 2.